The van der Waals surface area contributed by atoms with Gasteiger partial charge in [-0.15, -0.1) is 0 Å². The van der Waals surface area contributed by atoms with Crippen LogP contribution in [0.4, 0.5) is 5.82 Å². The summed E-state index contributed by atoms with van der Waals surface area (Å²) < 4.78 is 0. The van der Waals surface area contributed by atoms with Crippen LogP contribution in [0.1, 0.15) is 60.0 Å². The molecule has 2 fully saturated rings. The minimum atomic E-state index is 0.0194. The van der Waals surface area contributed by atoms with Gasteiger partial charge in [-0.3, -0.25) is 9.78 Å². The summed E-state index contributed by atoms with van der Waals surface area (Å²) in [5, 5.41) is 3.54. The van der Waals surface area contributed by atoms with E-state index in [1.807, 2.05) is 24.0 Å². The first kappa shape index (κ1) is 16.0. The molecule has 25 heavy (non-hydrogen) atoms. The van der Waals surface area contributed by atoms with Crippen LogP contribution in [0.25, 0.3) is 0 Å². The highest BCUT2D eigenvalue weighted by Crippen LogP contribution is 2.34. The van der Waals surface area contributed by atoms with E-state index in [2.05, 4.69) is 20.3 Å². The Bertz CT molecular complexity index is 758. The zero-order valence-electron chi connectivity index (χ0n) is 14.5. The molecule has 1 saturated carbocycles. The van der Waals surface area contributed by atoms with E-state index in [-0.39, 0.29) is 11.9 Å². The molecule has 0 spiro atoms. The topological polar surface area (TPSA) is 71.0 Å². The van der Waals surface area contributed by atoms with Crippen molar-refractivity contribution in [3.8, 4) is 0 Å². The fraction of sp³-hybridized carbons (Fsp3) is 0.474. The van der Waals surface area contributed by atoms with Crippen molar-refractivity contribution in [2.24, 2.45) is 0 Å². The standard InChI is InChI=1S/C19H23N5O/c1-13-21-16(11-18(22-13)23-15-6-2-3-7-15)17-8-10-24(17)19(25)14-5-4-9-20-12-14/h4-5,9,11-12,15,17H,2-3,6-8,10H2,1H3,(H,21,22,23)/t17-/m1/s1. The molecule has 1 saturated heterocycles. The van der Waals surface area contributed by atoms with E-state index in [1.54, 1.807) is 18.5 Å². The van der Waals surface area contributed by atoms with E-state index < -0.39 is 0 Å². The molecule has 0 bridgehead atoms. The van der Waals surface area contributed by atoms with E-state index in [1.165, 1.54) is 25.7 Å². The fourth-order valence-electron chi connectivity index (χ4n) is 3.71. The molecule has 130 valence electrons. The SMILES string of the molecule is Cc1nc(NC2CCCC2)cc([C@H]2CCN2C(=O)c2cccnc2)n1. The van der Waals surface area contributed by atoms with Gasteiger partial charge in [-0.05, 0) is 38.3 Å². The molecule has 2 aromatic rings. The van der Waals surface area contributed by atoms with Gasteiger partial charge in [-0.2, -0.15) is 0 Å². The number of carbonyl (C=O) groups is 1. The summed E-state index contributed by atoms with van der Waals surface area (Å²) in [6.07, 6.45) is 9.20. The smallest absolute Gasteiger partial charge is 0.255 e. The highest BCUT2D eigenvalue weighted by molar-refractivity contribution is 5.94. The van der Waals surface area contributed by atoms with Gasteiger partial charge in [0.1, 0.15) is 11.6 Å². The number of aromatic nitrogens is 3. The number of hydrogen-bond acceptors (Lipinski definition) is 5. The highest BCUT2D eigenvalue weighted by atomic mass is 16.2. The largest absolute Gasteiger partial charge is 0.367 e. The van der Waals surface area contributed by atoms with Crippen molar-refractivity contribution in [1.82, 2.24) is 19.9 Å². The summed E-state index contributed by atoms with van der Waals surface area (Å²) in [5.74, 6) is 1.65. The first-order valence-electron chi connectivity index (χ1n) is 9.04. The van der Waals surface area contributed by atoms with E-state index >= 15 is 0 Å². The molecular weight excluding hydrogens is 314 g/mol. The second-order valence-corrected chi connectivity index (χ2v) is 6.90. The van der Waals surface area contributed by atoms with Crippen LogP contribution >= 0.6 is 0 Å². The van der Waals surface area contributed by atoms with Crippen molar-refractivity contribution >= 4 is 11.7 Å². The molecule has 6 heteroatoms. The molecule has 2 aliphatic rings. The minimum absolute atomic E-state index is 0.0194. The lowest BCUT2D eigenvalue weighted by Gasteiger charge is -2.40. The Morgan fingerprint density at radius 1 is 1.24 bits per heavy atom. The predicted molar refractivity (Wildman–Crippen MR) is 95.3 cm³/mol. The zero-order chi connectivity index (χ0) is 17.2. The van der Waals surface area contributed by atoms with Crippen LogP contribution in [0, 0.1) is 6.92 Å². The van der Waals surface area contributed by atoms with Gasteiger partial charge < -0.3 is 10.2 Å². The monoisotopic (exact) mass is 337 g/mol. The summed E-state index contributed by atoms with van der Waals surface area (Å²) >= 11 is 0. The van der Waals surface area contributed by atoms with Gasteiger partial charge in [-0.1, -0.05) is 12.8 Å². The van der Waals surface area contributed by atoms with Gasteiger partial charge in [0.2, 0.25) is 0 Å². The summed E-state index contributed by atoms with van der Waals surface area (Å²) in [4.78, 5) is 27.7. The Balaban J connectivity index is 1.52. The van der Waals surface area contributed by atoms with Gasteiger partial charge in [0, 0.05) is 31.0 Å². The average Bonchev–Trinajstić information content (AvgIpc) is 3.07. The zero-order valence-corrected chi connectivity index (χ0v) is 14.5. The second-order valence-electron chi connectivity index (χ2n) is 6.90. The molecule has 6 nitrogen and oxygen atoms in total. The molecule has 1 aliphatic heterocycles. The Morgan fingerprint density at radius 3 is 2.76 bits per heavy atom. The molecule has 1 amide bonds. The van der Waals surface area contributed by atoms with E-state index in [9.17, 15) is 4.79 Å². The number of hydrogen-bond donors (Lipinski definition) is 1. The third-order valence-electron chi connectivity index (χ3n) is 5.10. The number of nitrogens with one attached hydrogen (secondary N) is 1. The lowest BCUT2D eigenvalue weighted by molar-refractivity contribution is 0.0450. The normalized spacial score (nSPS) is 20.4. The van der Waals surface area contributed by atoms with Crippen LogP contribution < -0.4 is 5.32 Å². The summed E-state index contributed by atoms with van der Waals surface area (Å²) in [6.45, 7) is 2.67. The van der Waals surface area contributed by atoms with Gasteiger partial charge in [-0.25, -0.2) is 9.97 Å². The number of amides is 1. The first-order chi connectivity index (χ1) is 12.2. The van der Waals surface area contributed by atoms with E-state index in [4.69, 9.17) is 0 Å². The molecule has 2 aromatic heterocycles. The van der Waals surface area contributed by atoms with Crippen LogP contribution in [-0.2, 0) is 0 Å². The lowest BCUT2D eigenvalue weighted by Crippen LogP contribution is -2.45. The maximum Gasteiger partial charge on any atom is 0.255 e. The molecule has 4 rings (SSSR count). The predicted octanol–water partition coefficient (Wildman–Crippen LogP) is 3.12. The average molecular weight is 337 g/mol. The molecule has 1 aliphatic carbocycles. The Morgan fingerprint density at radius 2 is 2.08 bits per heavy atom. The molecule has 0 aromatic carbocycles. The number of likely N-dealkylation sites (tertiary alicyclic amines) is 1. The Kier molecular flexibility index (Phi) is 4.34. The highest BCUT2D eigenvalue weighted by Gasteiger charge is 2.35. The van der Waals surface area contributed by atoms with Crippen molar-refractivity contribution in [2.45, 2.75) is 51.1 Å². The number of pyridine rings is 1. The summed E-state index contributed by atoms with van der Waals surface area (Å²) in [6, 6.07) is 6.15. The molecule has 1 atom stereocenters. The minimum Gasteiger partial charge on any atom is -0.367 e. The van der Waals surface area contributed by atoms with E-state index in [0.717, 1.165) is 30.3 Å². The van der Waals surface area contributed by atoms with Crippen molar-refractivity contribution in [3.63, 3.8) is 0 Å². The van der Waals surface area contributed by atoms with E-state index in [0.29, 0.717) is 11.6 Å². The molecule has 0 radical (unpaired) electrons. The Hall–Kier alpha value is -2.50. The third-order valence-corrected chi connectivity index (χ3v) is 5.10. The Labute approximate surface area is 147 Å². The van der Waals surface area contributed by atoms with Crippen LogP contribution in [0.5, 0.6) is 0 Å². The number of rotatable bonds is 4. The third kappa shape index (κ3) is 3.34. The van der Waals surface area contributed by atoms with Crippen LogP contribution in [0.2, 0.25) is 0 Å². The molecular formula is C19H23N5O. The number of carbonyl (C=O) groups excluding carboxylic acids is 1. The molecule has 1 N–H and O–H groups in total. The number of nitrogens with zero attached hydrogens (tertiary/aromatic N) is 4. The van der Waals surface area contributed by atoms with Crippen molar-refractivity contribution in [2.75, 3.05) is 11.9 Å². The van der Waals surface area contributed by atoms with Crippen LogP contribution in [-0.4, -0.2) is 38.3 Å². The fourth-order valence-corrected chi connectivity index (χ4v) is 3.71. The van der Waals surface area contributed by atoms with Gasteiger partial charge in [0.25, 0.3) is 5.91 Å². The molecule has 0 unspecified atom stereocenters. The first-order valence-corrected chi connectivity index (χ1v) is 9.04. The quantitative estimate of drug-likeness (QED) is 0.928. The second kappa shape index (κ2) is 6.78. The van der Waals surface area contributed by atoms with Crippen molar-refractivity contribution < 1.29 is 4.79 Å². The summed E-state index contributed by atoms with van der Waals surface area (Å²) in [5.41, 5.74) is 1.55. The van der Waals surface area contributed by atoms with Gasteiger partial charge in [0.15, 0.2) is 0 Å². The van der Waals surface area contributed by atoms with Crippen LogP contribution in [0.3, 0.4) is 0 Å². The maximum absolute atomic E-state index is 12.7. The number of anilines is 1. The summed E-state index contributed by atoms with van der Waals surface area (Å²) in [7, 11) is 0. The number of aryl methyl sites for hydroxylation is 1. The maximum atomic E-state index is 12.7. The van der Waals surface area contributed by atoms with Crippen LogP contribution in [0.15, 0.2) is 30.6 Å². The molecule has 3 heterocycles. The van der Waals surface area contributed by atoms with Gasteiger partial charge in [0.05, 0.1) is 17.3 Å². The lowest BCUT2D eigenvalue weighted by atomic mass is 9.97. The van der Waals surface area contributed by atoms with Crippen molar-refractivity contribution in [3.05, 3.63) is 47.7 Å². The van der Waals surface area contributed by atoms with Crippen molar-refractivity contribution in [1.29, 1.82) is 0 Å². The van der Waals surface area contributed by atoms with Gasteiger partial charge >= 0.3 is 0 Å².